The lowest BCUT2D eigenvalue weighted by Crippen LogP contribution is -2.31. The van der Waals surface area contributed by atoms with E-state index < -0.39 is 6.10 Å². The molecule has 2 N–H and O–H groups in total. The molecule has 12 atom stereocenters. The molecule has 0 amide bonds. The highest BCUT2D eigenvalue weighted by Crippen LogP contribution is 2.40. The summed E-state index contributed by atoms with van der Waals surface area (Å²) in [7, 11) is 0. The fraction of sp³-hybridized carbons (Fsp3) is 0.923. The van der Waals surface area contributed by atoms with E-state index in [1.54, 1.807) is 0 Å². The molecule has 0 spiro atoms. The van der Waals surface area contributed by atoms with Crippen LogP contribution in [0.5, 0.6) is 0 Å². The van der Waals surface area contributed by atoms with Crippen LogP contribution in [0.4, 0.5) is 0 Å². The first-order valence-corrected chi connectivity index (χ1v) is 12.6. The van der Waals surface area contributed by atoms with Gasteiger partial charge in [-0.05, 0) is 61.3 Å². The van der Waals surface area contributed by atoms with Crippen LogP contribution in [0.15, 0.2) is 12.5 Å². The van der Waals surface area contributed by atoms with E-state index in [9.17, 15) is 10.2 Å². The Bertz CT molecular complexity index is 611. The predicted molar refractivity (Wildman–Crippen MR) is 123 cm³/mol. The zero-order valence-electron chi connectivity index (χ0n) is 20.9. The van der Waals surface area contributed by atoms with Crippen molar-refractivity contribution < 1.29 is 29.2 Å². The molecule has 3 fully saturated rings. The maximum Gasteiger partial charge on any atom is 0.271 e. The average molecular weight is 455 g/mol. The van der Waals surface area contributed by atoms with E-state index in [1.165, 1.54) is 0 Å². The standard InChI is InChI=1S/C26H46O6/c1-14-8-21(24(28)17(14)4)12-30-20(7)32-25-18(5)15(2)9-22(25)11-29-13-31-26-19(6)16(3)10-23(26)27/h14-19,21-28H,7-13H2,1-6H3. The van der Waals surface area contributed by atoms with Gasteiger partial charge in [-0.1, -0.05) is 41.5 Å². The van der Waals surface area contributed by atoms with Crippen LogP contribution in [0, 0.1) is 47.3 Å². The van der Waals surface area contributed by atoms with Gasteiger partial charge in [-0.15, -0.1) is 0 Å². The van der Waals surface area contributed by atoms with Crippen molar-refractivity contribution in [3.63, 3.8) is 0 Å². The lowest BCUT2D eigenvalue weighted by molar-refractivity contribution is -0.140. The predicted octanol–water partition coefficient (Wildman–Crippen LogP) is 4.20. The van der Waals surface area contributed by atoms with Crippen molar-refractivity contribution in [2.24, 2.45) is 47.3 Å². The van der Waals surface area contributed by atoms with E-state index in [2.05, 4.69) is 48.1 Å². The van der Waals surface area contributed by atoms with Crippen LogP contribution in [-0.2, 0) is 18.9 Å². The van der Waals surface area contributed by atoms with Crippen molar-refractivity contribution in [1.82, 2.24) is 0 Å². The summed E-state index contributed by atoms with van der Waals surface area (Å²) in [6.45, 7) is 18.2. The number of aliphatic hydroxyl groups is 2. The van der Waals surface area contributed by atoms with E-state index in [0.29, 0.717) is 54.7 Å². The number of ether oxygens (including phenoxy) is 4. The van der Waals surface area contributed by atoms with Gasteiger partial charge in [0.25, 0.3) is 5.95 Å². The van der Waals surface area contributed by atoms with Crippen LogP contribution in [0.25, 0.3) is 0 Å². The number of rotatable bonds is 10. The molecule has 0 aromatic carbocycles. The largest absolute Gasteiger partial charge is 0.465 e. The molecule has 0 heterocycles. The highest BCUT2D eigenvalue weighted by atomic mass is 16.7. The third kappa shape index (κ3) is 5.81. The molecule has 186 valence electrons. The smallest absolute Gasteiger partial charge is 0.271 e. The Morgan fingerprint density at radius 1 is 0.781 bits per heavy atom. The van der Waals surface area contributed by atoms with Crippen molar-refractivity contribution in [3.8, 4) is 0 Å². The Morgan fingerprint density at radius 3 is 1.97 bits per heavy atom. The second kappa shape index (κ2) is 11.1. The molecule has 3 saturated carbocycles. The molecule has 0 aromatic heterocycles. The Labute approximate surface area is 194 Å². The molecule has 3 aliphatic rings. The molecular formula is C26H46O6. The van der Waals surface area contributed by atoms with Crippen LogP contribution in [0.3, 0.4) is 0 Å². The van der Waals surface area contributed by atoms with Crippen molar-refractivity contribution in [2.75, 3.05) is 20.0 Å². The summed E-state index contributed by atoms with van der Waals surface area (Å²) < 4.78 is 23.8. The third-order valence-corrected chi connectivity index (χ3v) is 8.96. The molecule has 3 rings (SSSR count). The van der Waals surface area contributed by atoms with Gasteiger partial charge in [0.05, 0.1) is 31.5 Å². The summed E-state index contributed by atoms with van der Waals surface area (Å²) in [5.41, 5.74) is 0. The highest BCUT2D eigenvalue weighted by molar-refractivity contribution is 4.92. The van der Waals surface area contributed by atoms with Gasteiger partial charge in [-0.3, -0.25) is 0 Å². The maximum atomic E-state index is 10.4. The van der Waals surface area contributed by atoms with Crippen molar-refractivity contribution in [1.29, 1.82) is 0 Å². The van der Waals surface area contributed by atoms with Gasteiger partial charge in [-0.2, -0.15) is 0 Å². The summed E-state index contributed by atoms with van der Waals surface area (Å²) in [4.78, 5) is 0. The molecule has 0 aliphatic heterocycles. The van der Waals surface area contributed by atoms with Gasteiger partial charge in [0.1, 0.15) is 12.9 Å². The Hall–Kier alpha value is -0.820. The van der Waals surface area contributed by atoms with E-state index in [4.69, 9.17) is 18.9 Å². The fourth-order valence-electron chi connectivity index (χ4n) is 6.09. The minimum atomic E-state index is -0.406. The zero-order valence-corrected chi connectivity index (χ0v) is 20.9. The molecular weight excluding hydrogens is 408 g/mol. The normalized spacial score (nSPS) is 46.5. The molecule has 6 nitrogen and oxygen atoms in total. The number of aliphatic hydroxyl groups excluding tert-OH is 2. The fourth-order valence-corrected chi connectivity index (χ4v) is 6.09. The van der Waals surface area contributed by atoms with Crippen LogP contribution in [0.2, 0.25) is 0 Å². The van der Waals surface area contributed by atoms with E-state index in [-0.39, 0.29) is 36.9 Å². The minimum absolute atomic E-state index is 0.0140. The van der Waals surface area contributed by atoms with Crippen molar-refractivity contribution >= 4 is 0 Å². The quantitative estimate of drug-likeness (QED) is 0.293. The second-order valence-corrected chi connectivity index (χ2v) is 11.2. The summed E-state index contributed by atoms with van der Waals surface area (Å²) in [5, 5.41) is 20.6. The van der Waals surface area contributed by atoms with Crippen molar-refractivity contribution in [3.05, 3.63) is 12.5 Å². The third-order valence-electron chi connectivity index (χ3n) is 8.96. The van der Waals surface area contributed by atoms with Crippen molar-refractivity contribution in [2.45, 2.75) is 85.2 Å². The molecule has 0 saturated heterocycles. The summed E-state index contributed by atoms with van der Waals surface area (Å²) in [5.74, 6) is 3.22. The zero-order chi connectivity index (χ0) is 23.6. The first kappa shape index (κ1) is 25.8. The minimum Gasteiger partial charge on any atom is -0.465 e. The molecule has 3 aliphatic carbocycles. The number of hydrogen-bond acceptors (Lipinski definition) is 6. The lowest BCUT2D eigenvalue weighted by atomic mass is 9.99. The van der Waals surface area contributed by atoms with Crippen LogP contribution < -0.4 is 0 Å². The van der Waals surface area contributed by atoms with Gasteiger partial charge in [0.15, 0.2) is 0 Å². The molecule has 0 aromatic rings. The second-order valence-electron chi connectivity index (χ2n) is 11.2. The molecule has 0 radical (unpaired) electrons. The topological polar surface area (TPSA) is 77.4 Å². The van der Waals surface area contributed by atoms with Crippen LogP contribution in [0.1, 0.15) is 60.8 Å². The van der Waals surface area contributed by atoms with Gasteiger partial charge in [-0.25, -0.2) is 0 Å². The number of hydrogen-bond donors (Lipinski definition) is 2. The first-order chi connectivity index (χ1) is 15.1. The Morgan fingerprint density at radius 2 is 1.38 bits per heavy atom. The molecule has 12 unspecified atom stereocenters. The molecule has 0 bridgehead atoms. The lowest BCUT2D eigenvalue weighted by Gasteiger charge is -2.27. The van der Waals surface area contributed by atoms with Gasteiger partial charge in [0, 0.05) is 11.8 Å². The van der Waals surface area contributed by atoms with Gasteiger partial charge >= 0.3 is 0 Å². The molecule has 32 heavy (non-hydrogen) atoms. The molecule has 6 heteroatoms. The first-order valence-electron chi connectivity index (χ1n) is 12.6. The van der Waals surface area contributed by atoms with Gasteiger partial charge < -0.3 is 29.2 Å². The highest BCUT2D eigenvalue weighted by Gasteiger charge is 2.42. The van der Waals surface area contributed by atoms with E-state index in [1.807, 2.05) is 0 Å². The average Bonchev–Trinajstić information content (AvgIpc) is 3.25. The SMILES string of the molecule is C=C(OCC1CC(C)C(C)C1O)OC1C(COCOC2C(O)CC(C)C2C)CC(C)C1C. The summed E-state index contributed by atoms with van der Waals surface area (Å²) in [6.07, 6.45) is 1.88. The monoisotopic (exact) mass is 454 g/mol. The van der Waals surface area contributed by atoms with E-state index in [0.717, 1.165) is 19.3 Å². The van der Waals surface area contributed by atoms with Crippen LogP contribution in [-0.4, -0.2) is 54.6 Å². The Balaban J connectivity index is 1.42. The van der Waals surface area contributed by atoms with E-state index >= 15 is 0 Å². The summed E-state index contributed by atoms with van der Waals surface area (Å²) >= 11 is 0. The Kier molecular flexibility index (Phi) is 8.92. The maximum absolute atomic E-state index is 10.4. The van der Waals surface area contributed by atoms with Gasteiger partial charge in [0.2, 0.25) is 0 Å². The summed E-state index contributed by atoms with van der Waals surface area (Å²) in [6, 6.07) is 0. The van der Waals surface area contributed by atoms with Crippen LogP contribution >= 0.6 is 0 Å².